The van der Waals surface area contributed by atoms with Crippen molar-refractivity contribution in [3.63, 3.8) is 0 Å². The molecule has 0 aromatic rings. The molecule has 0 heterocycles. The molecule has 0 aromatic heterocycles. The van der Waals surface area contributed by atoms with E-state index in [2.05, 4.69) is 11.8 Å². The molecule has 0 N–H and O–H groups in total. The largest absolute Gasteiger partial charge is 0.452 e. The van der Waals surface area contributed by atoms with E-state index in [9.17, 15) is 4.79 Å². The van der Waals surface area contributed by atoms with E-state index in [1.807, 2.05) is 13.8 Å². The predicted molar refractivity (Wildman–Crippen MR) is 43.9 cm³/mol. The fourth-order valence-electron chi connectivity index (χ4n) is 0.488. The third kappa shape index (κ3) is 4.44. The summed E-state index contributed by atoms with van der Waals surface area (Å²) in [7, 11) is 0. The Kier molecular flexibility index (Phi) is 5.28. The summed E-state index contributed by atoms with van der Waals surface area (Å²) in [5, 5.41) is 0. The minimum atomic E-state index is -0.157. The summed E-state index contributed by atoms with van der Waals surface area (Å²) in [5.74, 6) is 5.15. The number of esters is 1. The molecule has 0 radical (unpaired) electrons. The van der Waals surface area contributed by atoms with Crippen molar-refractivity contribution in [3.8, 4) is 11.8 Å². The van der Waals surface area contributed by atoms with Crippen LogP contribution in [0.4, 0.5) is 0 Å². The SMILES string of the molecule is CC#CCOC(=O)C(C)CC. The summed E-state index contributed by atoms with van der Waals surface area (Å²) < 4.78 is 4.82. The Hall–Kier alpha value is -0.970. The normalized spacial score (nSPS) is 11.2. The van der Waals surface area contributed by atoms with Gasteiger partial charge in [0.15, 0.2) is 6.61 Å². The Labute approximate surface area is 67.9 Å². The molecule has 2 nitrogen and oxygen atoms in total. The van der Waals surface area contributed by atoms with Crippen molar-refractivity contribution in [1.82, 2.24) is 0 Å². The second-order valence-corrected chi connectivity index (χ2v) is 2.34. The third-order valence-electron chi connectivity index (χ3n) is 1.48. The van der Waals surface area contributed by atoms with Crippen LogP contribution in [0.2, 0.25) is 0 Å². The quantitative estimate of drug-likeness (QED) is 0.456. The molecular weight excluding hydrogens is 140 g/mol. The lowest BCUT2D eigenvalue weighted by molar-refractivity contribution is -0.146. The van der Waals surface area contributed by atoms with Crippen LogP contribution in [0.3, 0.4) is 0 Å². The van der Waals surface area contributed by atoms with E-state index in [4.69, 9.17) is 4.74 Å². The summed E-state index contributed by atoms with van der Waals surface area (Å²) in [5.41, 5.74) is 0. The van der Waals surface area contributed by atoms with E-state index in [0.717, 1.165) is 6.42 Å². The summed E-state index contributed by atoms with van der Waals surface area (Å²) in [6.45, 7) is 5.75. The zero-order valence-corrected chi connectivity index (χ0v) is 7.31. The molecule has 0 bridgehead atoms. The topological polar surface area (TPSA) is 26.3 Å². The van der Waals surface area contributed by atoms with E-state index in [0.29, 0.717) is 0 Å². The summed E-state index contributed by atoms with van der Waals surface area (Å²) in [6.07, 6.45) is 0.818. The van der Waals surface area contributed by atoms with E-state index < -0.39 is 0 Å². The zero-order chi connectivity index (χ0) is 8.69. The smallest absolute Gasteiger partial charge is 0.309 e. The van der Waals surface area contributed by atoms with Crippen molar-refractivity contribution in [2.45, 2.75) is 27.2 Å². The first-order valence-electron chi connectivity index (χ1n) is 3.78. The van der Waals surface area contributed by atoms with Crippen LogP contribution < -0.4 is 0 Å². The van der Waals surface area contributed by atoms with Gasteiger partial charge in [0.25, 0.3) is 0 Å². The van der Waals surface area contributed by atoms with E-state index in [1.54, 1.807) is 6.92 Å². The van der Waals surface area contributed by atoms with Crippen LogP contribution in [-0.2, 0) is 9.53 Å². The maximum Gasteiger partial charge on any atom is 0.309 e. The van der Waals surface area contributed by atoms with E-state index in [1.165, 1.54) is 0 Å². The highest BCUT2D eigenvalue weighted by atomic mass is 16.5. The average Bonchev–Trinajstić information content (AvgIpc) is 2.03. The van der Waals surface area contributed by atoms with Gasteiger partial charge in [0.05, 0.1) is 5.92 Å². The van der Waals surface area contributed by atoms with Gasteiger partial charge in [-0.1, -0.05) is 19.8 Å². The van der Waals surface area contributed by atoms with Crippen LogP contribution in [0.5, 0.6) is 0 Å². The molecule has 0 amide bonds. The van der Waals surface area contributed by atoms with Crippen LogP contribution in [0.1, 0.15) is 27.2 Å². The van der Waals surface area contributed by atoms with Crippen molar-refractivity contribution in [3.05, 3.63) is 0 Å². The highest BCUT2D eigenvalue weighted by Gasteiger charge is 2.10. The molecule has 0 saturated heterocycles. The van der Waals surface area contributed by atoms with Crippen molar-refractivity contribution in [2.75, 3.05) is 6.61 Å². The lowest BCUT2D eigenvalue weighted by Gasteiger charge is -2.05. The number of carbonyl (C=O) groups excluding carboxylic acids is 1. The molecule has 0 aliphatic heterocycles. The first-order valence-corrected chi connectivity index (χ1v) is 3.78. The van der Waals surface area contributed by atoms with Crippen LogP contribution in [-0.4, -0.2) is 12.6 Å². The summed E-state index contributed by atoms with van der Waals surface area (Å²) >= 11 is 0. The molecule has 0 saturated carbocycles. The van der Waals surface area contributed by atoms with Gasteiger partial charge in [0, 0.05) is 0 Å². The molecule has 2 heteroatoms. The molecule has 0 aliphatic rings. The third-order valence-corrected chi connectivity index (χ3v) is 1.48. The summed E-state index contributed by atoms with van der Waals surface area (Å²) in [6, 6.07) is 0. The molecule has 1 unspecified atom stereocenters. The highest BCUT2D eigenvalue weighted by molar-refractivity contribution is 5.72. The zero-order valence-electron chi connectivity index (χ0n) is 7.31. The monoisotopic (exact) mass is 154 g/mol. The van der Waals surface area contributed by atoms with Gasteiger partial charge in [-0.2, -0.15) is 0 Å². The number of rotatable bonds is 3. The Morgan fingerprint density at radius 2 is 2.27 bits per heavy atom. The standard InChI is InChI=1S/C9H14O2/c1-4-6-7-11-9(10)8(3)5-2/h8H,5,7H2,1-3H3. The van der Waals surface area contributed by atoms with Crippen molar-refractivity contribution in [1.29, 1.82) is 0 Å². The van der Waals surface area contributed by atoms with Crippen molar-refractivity contribution < 1.29 is 9.53 Å². The van der Waals surface area contributed by atoms with Crippen LogP contribution in [0, 0.1) is 17.8 Å². The van der Waals surface area contributed by atoms with Crippen molar-refractivity contribution >= 4 is 5.97 Å². The fourth-order valence-corrected chi connectivity index (χ4v) is 0.488. The Bertz CT molecular complexity index is 174. The second-order valence-electron chi connectivity index (χ2n) is 2.34. The Morgan fingerprint density at radius 1 is 1.64 bits per heavy atom. The van der Waals surface area contributed by atoms with Gasteiger partial charge < -0.3 is 4.74 Å². The van der Waals surface area contributed by atoms with Gasteiger partial charge in [-0.05, 0) is 13.3 Å². The molecule has 11 heavy (non-hydrogen) atoms. The molecule has 1 atom stereocenters. The van der Waals surface area contributed by atoms with Gasteiger partial charge in [-0.25, -0.2) is 0 Å². The van der Waals surface area contributed by atoms with E-state index >= 15 is 0 Å². The van der Waals surface area contributed by atoms with Gasteiger partial charge in [0.2, 0.25) is 0 Å². The Morgan fingerprint density at radius 3 is 2.73 bits per heavy atom. The van der Waals surface area contributed by atoms with Gasteiger partial charge in [-0.15, -0.1) is 5.92 Å². The minimum Gasteiger partial charge on any atom is -0.452 e. The number of carbonyl (C=O) groups is 1. The maximum absolute atomic E-state index is 11.0. The molecular formula is C9H14O2. The van der Waals surface area contributed by atoms with Gasteiger partial charge in [0.1, 0.15) is 0 Å². The predicted octanol–water partition coefficient (Wildman–Crippen LogP) is 1.60. The average molecular weight is 154 g/mol. The number of hydrogen-bond acceptors (Lipinski definition) is 2. The lowest BCUT2D eigenvalue weighted by atomic mass is 10.1. The molecule has 0 spiro atoms. The van der Waals surface area contributed by atoms with Crippen LogP contribution in [0.25, 0.3) is 0 Å². The Balaban J connectivity index is 3.57. The number of ether oxygens (including phenoxy) is 1. The van der Waals surface area contributed by atoms with Gasteiger partial charge >= 0.3 is 5.97 Å². The maximum atomic E-state index is 11.0. The minimum absolute atomic E-state index is 0.00587. The number of hydrogen-bond donors (Lipinski definition) is 0. The second kappa shape index (κ2) is 5.79. The molecule has 62 valence electrons. The van der Waals surface area contributed by atoms with E-state index in [-0.39, 0.29) is 18.5 Å². The van der Waals surface area contributed by atoms with Crippen LogP contribution >= 0.6 is 0 Å². The molecule has 0 rings (SSSR count). The lowest BCUT2D eigenvalue weighted by Crippen LogP contribution is -2.13. The first kappa shape index (κ1) is 10.0. The first-order chi connectivity index (χ1) is 5.22. The molecule has 0 fully saturated rings. The molecule has 0 aliphatic carbocycles. The van der Waals surface area contributed by atoms with Crippen LogP contribution in [0.15, 0.2) is 0 Å². The molecule has 0 aromatic carbocycles. The van der Waals surface area contributed by atoms with Crippen molar-refractivity contribution in [2.24, 2.45) is 5.92 Å². The summed E-state index contributed by atoms with van der Waals surface area (Å²) in [4.78, 5) is 11.0. The highest BCUT2D eigenvalue weighted by Crippen LogP contribution is 2.02. The van der Waals surface area contributed by atoms with Gasteiger partial charge in [-0.3, -0.25) is 4.79 Å². The fraction of sp³-hybridized carbons (Fsp3) is 0.667.